The smallest absolute Gasteiger partial charge is 0.159 e. The topological polar surface area (TPSA) is 35.0 Å². The van der Waals surface area contributed by atoms with Gasteiger partial charge in [-0.3, -0.25) is 0 Å². The Morgan fingerprint density at radius 3 is 2.41 bits per heavy atom. The van der Waals surface area contributed by atoms with E-state index in [2.05, 4.69) is 16.9 Å². The second-order valence-corrected chi connectivity index (χ2v) is 3.91. The van der Waals surface area contributed by atoms with Crippen LogP contribution in [0.1, 0.15) is 18.3 Å². The van der Waals surface area contributed by atoms with E-state index >= 15 is 0 Å². The van der Waals surface area contributed by atoms with Gasteiger partial charge in [-0.1, -0.05) is 6.92 Å². The molecule has 2 aromatic rings. The van der Waals surface area contributed by atoms with Gasteiger partial charge < -0.3 is 4.74 Å². The predicted octanol–water partition coefficient (Wildman–Crippen LogP) is 3.02. The molecule has 0 unspecified atom stereocenters. The van der Waals surface area contributed by atoms with Crippen molar-refractivity contribution < 1.29 is 4.74 Å². The summed E-state index contributed by atoms with van der Waals surface area (Å²) in [7, 11) is 1.66. The molecule has 0 saturated heterocycles. The molecular weight excluding hydrogens is 212 g/mol. The molecule has 0 fully saturated rings. The highest BCUT2D eigenvalue weighted by Gasteiger charge is 2.04. The minimum absolute atomic E-state index is 0.782. The van der Waals surface area contributed by atoms with Crippen LogP contribution in [0, 0.1) is 6.92 Å². The normalized spacial score (nSPS) is 10.3. The molecule has 0 spiro atoms. The van der Waals surface area contributed by atoms with Gasteiger partial charge in [-0.05, 0) is 43.7 Å². The SMILES string of the molecule is CCc1cc(C)nc(-c2ccc(OC)cc2)n1. The number of aromatic nitrogens is 2. The minimum atomic E-state index is 0.782. The quantitative estimate of drug-likeness (QED) is 0.810. The third kappa shape index (κ3) is 2.61. The standard InChI is InChI=1S/C14H16N2O/c1-4-12-9-10(2)15-14(16-12)11-5-7-13(17-3)8-6-11/h5-9H,4H2,1-3H3. The first kappa shape index (κ1) is 11.6. The largest absolute Gasteiger partial charge is 0.497 e. The molecule has 3 nitrogen and oxygen atoms in total. The number of aryl methyl sites for hydroxylation is 2. The maximum Gasteiger partial charge on any atom is 0.159 e. The number of hydrogen-bond donors (Lipinski definition) is 0. The first-order chi connectivity index (χ1) is 8.22. The van der Waals surface area contributed by atoms with Gasteiger partial charge in [0.05, 0.1) is 7.11 Å². The van der Waals surface area contributed by atoms with Crippen LogP contribution in [0.15, 0.2) is 30.3 Å². The fourth-order valence-corrected chi connectivity index (χ4v) is 1.68. The Balaban J connectivity index is 2.41. The molecule has 1 heterocycles. The molecule has 0 amide bonds. The number of rotatable bonds is 3. The average Bonchev–Trinajstić information content (AvgIpc) is 2.38. The first-order valence-electron chi connectivity index (χ1n) is 5.72. The van der Waals surface area contributed by atoms with Crippen molar-refractivity contribution in [1.29, 1.82) is 0 Å². The predicted molar refractivity (Wildman–Crippen MR) is 68.1 cm³/mol. The summed E-state index contributed by atoms with van der Waals surface area (Å²) in [4.78, 5) is 8.98. The molecule has 0 aliphatic heterocycles. The molecule has 0 N–H and O–H groups in total. The van der Waals surface area contributed by atoms with Crippen LogP contribution in [0.5, 0.6) is 5.75 Å². The fraction of sp³-hybridized carbons (Fsp3) is 0.286. The van der Waals surface area contributed by atoms with Crippen LogP contribution in [-0.4, -0.2) is 17.1 Å². The number of hydrogen-bond acceptors (Lipinski definition) is 3. The van der Waals surface area contributed by atoms with Crippen LogP contribution in [0.4, 0.5) is 0 Å². The fourth-order valence-electron chi connectivity index (χ4n) is 1.68. The highest BCUT2D eigenvalue weighted by molar-refractivity contribution is 5.56. The lowest BCUT2D eigenvalue weighted by atomic mass is 10.2. The van der Waals surface area contributed by atoms with Gasteiger partial charge in [0, 0.05) is 17.0 Å². The van der Waals surface area contributed by atoms with Crippen molar-refractivity contribution in [2.24, 2.45) is 0 Å². The van der Waals surface area contributed by atoms with Crippen molar-refractivity contribution in [3.63, 3.8) is 0 Å². The van der Waals surface area contributed by atoms with E-state index in [0.717, 1.165) is 34.9 Å². The molecular formula is C14H16N2O. The number of methoxy groups -OCH3 is 1. The summed E-state index contributed by atoms with van der Waals surface area (Å²) in [6, 6.07) is 9.83. The Bertz CT molecular complexity index is 506. The summed E-state index contributed by atoms with van der Waals surface area (Å²) in [5.74, 6) is 1.63. The molecule has 0 aliphatic carbocycles. The molecule has 0 aliphatic rings. The second kappa shape index (κ2) is 4.95. The van der Waals surface area contributed by atoms with Gasteiger partial charge >= 0.3 is 0 Å². The molecule has 0 atom stereocenters. The van der Waals surface area contributed by atoms with Crippen molar-refractivity contribution in [3.8, 4) is 17.1 Å². The summed E-state index contributed by atoms with van der Waals surface area (Å²) in [6.45, 7) is 4.09. The van der Waals surface area contributed by atoms with Gasteiger partial charge in [-0.15, -0.1) is 0 Å². The van der Waals surface area contributed by atoms with Gasteiger partial charge in [0.25, 0.3) is 0 Å². The maximum absolute atomic E-state index is 5.13. The van der Waals surface area contributed by atoms with E-state index < -0.39 is 0 Å². The average molecular weight is 228 g/mol. The lowest BCUT2D eigenvalue weighted by molar-refractivity contribution is 0.415. The Labute approximate surface area is 102 Å². The third-order valence-corrected chi connectivity index (χ3v) is 2.62. The van der Waals surface area contributed by atoms with E-state index in [0.29, 0.717) is 0 Å². The molecule has 3 heteroatoms. The summed E-state index contributed by atoms with van der Waals surface area (Å²) >= 11 is 0. The van der Waals surface area contributed by atoms with Crippen LogP contribution < -0.4 is 4.74 Å². The number of benzene rings is 1. The molecule has 1 aromatic heterocycles. The molecule has 17 heavy (non-hydrogen) atoms. The monoisotopic (exact) mass is 228 g/mol. The van der Waals surface area contributed by atoms with Gasteiger partial charge in [-0.25, -0.2) is 9.97 Å². The van der Waals surface area contributed by atoms with Crippen molar-refractivity contribution in [2.75, 3.05) is 7.11 Å². The molecule has 0 saturated carbocycles. The summed E-state index contributed by atoms with van der Waals surface area (Å²) in [5.41, 5.74) is 3.09. The van der Waals surface area contributed by atoms with E-state index in [-0.39, 0.29) is 0 Å². The van der Waals surface area contributed by atoms with Crippen LogP contribution >= 0.6 is 0 Å². The van der Waals surface area contributed by atoms with Crippen molar-refractivity contribution in [2.45, 2.75) is 20.3 Å². The number of nitrogens with zero attached hydrogens (tertiary/aromatic N) is 2. The van der Waals surface area contributed by atoms with Crippen LogP contribution in [0.2, 0.25) is 0 Å². The Kier molecular flexibility index (Phi) is 3.38. The summed E-state index contributed by atoms with van der Waals surface area (Å²) in [6.07, 6.45) is 0.923. The molecule has 0 radical (unpaired) electrons. The van der Waals surface area contributed by atoms with E-state index in [9.17, 15) is 0 Å². The van der Waals surface area contributed by atoms with Crippen molar-refractivity contribution >= 4 is 0 Å². The van der Waals surface area contributed by atoms with Gasteiger partial charge in [0.1, 0.15) is 5.75 Å². The van der Waals surface area contributed by atoms with Gasteiger partial charge in [0.2, 0.25) is 0 Å². The van der Waals surface area contributed by atoms with E-state index in [1.54, 1.807) is 7.11 Å². The highest BCUT2D eigenvalue weighted by atomic mass is 16.5. The van der Waals surface area contributed by atoms with Crippen molar-refractivity contribution in [3.05, 3.63) is 41.7 Å². The van der Waals surface area contributed by atoms with Gasteiger partial charge in [0.15, 0.2) is 5.82 Å². The molecule has 2 rings (SSSR count). The first-order valence-corrected chi connectivity index (χ1v) is 5.72. The van der Waals surface area contributed by atoms with E-state index in [1.807, 2.05) is 37.3 Å². The van der Waals surface area contributed by atoms with Crippen LogP contribution in [0.25, 0.3) is 11.4 Å². The zero-order valence-corrected chi connectivity index (χ0v) is 10.4. The minimum Gasteiger partial charge on any atom is -0.497 e. The maximum atomic E-state index is 5.13. The summed E-state index contributed by atoms with van der Waals surface area (Å²) < 4.78 is 5.13. The molecule has 0 bridgehead atoms. The Morgan fingerprint density at radius 1 is 1.12 bits per heavy atom. The molecule has 88 valence electrons. The zero-order chi connectivity index (χ0) is 12.3. The van der Waals surface area contributed by atoms with Crippen LogP contribution in [0.3, 0.4) is 0 Å². The Morgan fingerprint density at radius 2 is 1.82 bits per heavy atom. The third-order valence-electron chi connectivity index (χ3n) is 2.62. The van der Waals surface area contributed by atoms with Crippen molar-refractivity contribution in [1.82, 2.24) is 9.97 Å². The lowest BCUT2D eigenvalue weighted by Crippen LogP contribution is -1.96. The number of ether oxygens (including phenoxy) is 1. The lowest BCUT2D eigenvalue weighted by Gasteiger charge is -2.05. The molecule has 1 aromatic carbocycles. The second-order valence-electron chi connectivity index (χ2n) is 3.91. The van der Waals surface area contributed by atoms with E-state index in [1.165, 1.54) is 0 Å². The highest BCUT2D eigenvalue weighted by Crippen LogP contribution is 2.19. The Hall–Kier alpha value is -1.90. The summed E-state index contributed by atoms with van der Waals surface area (Å²) in [5, 5.41) is 0. The zero-order valence-electron chi connectivity index (χ0n) is 10.4. The van der Waals surface area contributed by atoms with Gasteiger partial charge in [-0.2, -0.15) is 0 Å². The van der Waals surface area contributed by atoms with Crippen LogP contribution in [-0.2, 0) is 6.42 Å². The van der Waals surface area contributed by atoms with E-state index in [4.69, 9.17) is 4.74 Å².